The number of thiophene rings is 1. The van der Waals surface area contributed by atoms with Crippen molar-refractivity contribution in [3.63, 3.8) is 0 Å². The Bertz CT molecular complexity index is 690. The molecule has 0 fully saturated rings. The molecule has 20 heavy (non-hydrogen) atoms. The van der Waals surface area contributed by atoms with Crippen LogP contribution in [0.2, 0.25) is 0 Å². The van der Waals surface area contributed by atoms with Gasteiger partial charge in [-0.15, -0.1) is 0 Å². The summed E-state index contributed by atoms with van der Waals surface area (Å²) in [7, 11) is 0. The Morgan fingerprint density at radius 2 is 2.25 bits per heavy atom. The number of halogens is 1. The minimum atomic E-state index is -0.312. The average Bonchev–Trinajstić information content (AvgIpc) is 3.09. The maximum absolute atomic E-state index is 13.7. The maximum Gasteiger partial charge on any atom is 0.169 e. The zero-order chi connectivity index (χ0) is 13.9. The molecule has 0 saturated heterocycles. The number of hydrogen-bond donors (Lipinski definition) is 1. The molecule has 2 aromatic heterocycles. The van der Waals surface area contributed by atoms with E-state index < -0.39 is 0 Å². The summed E-state index contributed by atoms with van der Waals surface area (Å²) in [4.78, 5) is 0. The zero-order valence-electron chi connectivity index (χ0n) is 11.2. The highest BCUT2D eigenvalue weighted by Crippen LogP contribution is 2.30. The molecule has 2 nitrogen and oxygen atoms in total. The van der Waals surface area contributed by atoms with Crippen molar-refractivity contribution in [2.75, 3.05) is 6.54 Å². The number of benzene rings is 1. The molecule has 0 aliphatic heterocycles. The summed E-state index contributed by atoms with van der Waals surface area (Å²) in [6.45, 7) is 3.01. The summed E-state index contributed by atoms with van der Waals surface area (Å²) in [5, 5.41) is 8.40. The molecule has 0 amide bonds. The Hall–Kier alpha value is -1.65. The van der Waals surface area contributed by atoms with Crippen LogP contribution in [0.5, 0.6) is 0 Å². The fraction of sp³-hybridized carbons (Fsp3) is 0.250. The first-order chi connectivity index (χ1) is 9.79. The lowest BCUT2D eigenvalue weighted by Gasteiger charge is -2.14. The van der Waals surface area contributed by atoms with Crippen LogP contribution < -0.4 is 5.32 Å². The number of para-hydroxylation sites is 1. The number of fused-ring (bicyclic) bond motifs is 1. The molecule has 0 radical (unpaired) electrons. The van der Waals surface area contributed by atoms with Crippen LogP contribution in [0.25, 0.3) is 11.0 Å². The molecule has 0 bridgehead atoms. The second-order valence-electron chi connectivity index (χ2n) is 4.75. The predicted octanol–water partition coefficient (Wildman–Crippen LogP) is 4.72. The standard InChI is InChI=1S/C16H16FNOS/c1-2-7-18-15(12-6-8-20-10-12)14-9-11-4-3-5-13(17)16(11)19-14/h3-6,8-10,15,18H,2,7H2,1H3. The molecule has 0 saturated carbocycles. The second kappa shape index (κ2) is 5.77. The number of furan rings is 1. The summed E-state index contributed by atoms with van der Waals surface area (Å²) in [5.41, 5.74) is 1.49. The van der Waals surface area contributed by atoms with Gasteiger partial charge in [-0.25, -0.2) is 4.39 Å². The molecule has 1 aromatic carbocycles. The number of rotatable bonds is 5. The molecule has 1 N–H and O–H groups in total. The van der Waals surface area contributed by atoms with E-state index in [1.807, 2.05) is 17.5 Å². The van der Waals surface area contributed by atoms with E-state index in [2.05, 4.69) is 23.7 Å². The van der Waals surface area contributed by atoms with Crippen molar-refractivity contribution in [3.05, 3.63) is 58.2 Å². The molecule has 0 aliphatic carbocycles. The van der Waals surface area contributed by atoms with Crippen molar-refractivity contribution in [3.8, 4) is 0 Å². The Balaban J connectivity index is 2.02. The van der Waals surface area contributed by atoms with Crippen LogP contribution in [0, 0.1) is 5.82 Å². The van der Waals surface area contributed by atoms with Gasteiger partial charge < -0.3 is 9.73 Å². The highest BCUT2D eigenvalue weighted by Gasteiger charge is 2.19. The van der Waals surface area contributed by atoms with E-state index in [-0.39, 0.29) is 11.9 Å². The quantitative estimate of drug-likeness (QED) is 0.735. The van der Waals surface area contributed by atoms with E-state index in [9.17, 15) is 4.39 Å². The molecule has 2 heterocycles. The van der Waals surface area contributed by atoms with Crippen LogP contribution in [-0.2, 0) is 0 Å². The van der Waals surface area contributed by atoms with Crippen molar-refractivity contribution in [1.82, 2.24) is 5.32 Å². The molecular formula is C16H16FNOS. The summed E-state index contributed by atoms with van der Waals surface area (Å²) < 4.78 is 19.5. The van der Waals surface area contributed by atoms with Crippen molar-refractivity contribution in [1.29, 1.82) is 0 Å². The highest BCUT2D eigenvalue weighted by molar-refractivity contribution is 7.08. The van der Waals surface area contributed by atoms with Crippen molar-refractivity contribution in [2.24, 2.45) is 0 Å². The third-order valence-electron chi connectivity index (χ3n) is 3.27. The largest absolute Gasteiger partial charge is 0.456 e. The van der Waals surface area contributed by atoms with Gasteiger partial charge in [-0.2, -0.15) is 11.3 Å². The van der Waals surface area contributed by atoms with E-state index in [0.717, 1.165) is 29.7 Å². The fourth-order valence-electron chi connectivity index (χ4n) is 2.30. The van der Waals surface area contributed by atoms with E-state index >= 15 is 0 Å². The molecular weight excluding hydrogens is 273 g/mol. The molecule has 3 aromatic rings. The lowest BCUT2D eigenvalue weighted by molar-refractivity contribution is 0.459. The topological polar surface area (TPSA) is 25.2 Å². The summed E-state index contributed by atoms with van der Waals surface area (Å²) in [5.74, 6) is 0.449. The normalized spacial score (nSPS) is 12.9. The molecule has 1 atom stereocenters. The van der Waals surface area contributed by atoms with Gasteiger partial charge in [0, 0.05) is 5.39 Å². The van der Waals surface area contributed by atoms with E-state index in [4.69, 9.17) is 4.42 Å². The lowest BCUT2D eigenvalue weighted by Crippen LogP contribution is -2.22. The summed E-state index contributed by atoms with van der Waals surface area (Å²) in [6.07, 6.45) is 1.04. The van der Waals surface area contributed by atoms with Crippen molar-refractivity contribution in [2.45, 2.75) is 19.4 Å². The zero-order valence-corrected chi connectivity index (χ0v) is 12.0. The number of hydrogen-bond acceptors (Lipinski definition) is 3. The lowest BCUT2D eigenvalue weighted by atomic mass is 10.1. The molecule has 1 unspecified atom stereocenters. The van der Waals surface area contributed by atoms with Gasteiger partial charge in [0.1, 0.15) is 5.76 Å². The Labute approximate surface area is 121 Å². The van der Waals surface area contributed by atoms with Crippen LogP contribution in [0.15, 0.2) is 45.5 Å². The van der Waals surface area contributed by atoms with Crippen molar-refractivity contribution >= 4 is 22.3 Å². The van der Waals surface area contributed by atoms with Gasteiger partial charge in [0.15, 0.2) is 11.4 Å². The Kier molecular flexibility index (Phi) is 3.85. The molecule has 4 heteroatoms. The fourth-order valence-corrected chi connectivity index (χ4v) is 2.99. The SMILES string of the molecule is CCCNC(c1ccsc1)c1cc2cccc(F)c2o1. The molecule has 3 rings (SSSR count). The van der Waals surface area contributed by atoms with Crippen molar-refractivity contribution < 1.29 is 8.81 Å². The summed E-state index contributed by atoms with van der Waals surface area (Å²) in [6, 6.07) is 8.97. The van der Waals surface area contributed by atoms with E-state index in [1.165, 1.54) is 6.07 Å². The minimum Gasteiger partial charge on any atom is -0.456 e. The molecule has 0 spiro atoms. The van der Waals surface area contributed by atoms with Gasteiger partial charge in [-0.05, 0) is 47.5 Å². The van der Waals surface area contributed by atoms with Crippen LogP contribution in [0.3, 0.4) is 0 Å². The van der Waals surface area contributed by atoms with Gasteiger partial charge in [0.25, 0.3) is 0 Å². The van der Waals surface area contributed by atoms with Crippen LogP contribution >= 0.6 is 11.3 Å². The van der Waals surface area contributed by atoms with Gasteiger partial charge >= 0.3 is 0 Å². The van der Waals surface area contributed by atoms with Gasteiger partial charge in [-0.3, -0.25) is 0 Å². The predicted molar refractivity (Wildman–Crippen MR) is 80.6 cm³/mol. The van der Waals surface area contributed by atoms with Gasteiger partial charge in [-0.1, -0.05) is 19.1 Å². The first-order valence-electron chi connectivity index (χ1n) is 6.73. The highest BCUT2D eigenvalue weighted by atomic mass is 32.1. The van der Waals surface area contributed by atoms with E-state index in [0.29, 0.717) is 5.58 Å². The van der Waals surface area contributed by atoms with Gasteiger partial charge in [0.05, 0.1) is 6.04 Å². The third kappa shape index (κ3) is 2.49. The second-order valence-corrected chi connectivity index (χ2v) is 5.53. The summed E-state index contributed by atoms with van der Waals surface area (Å²) >= 11 is 1.65. The van der Waals surface area contributed by atoms with Crippen LogP contribution in [0.4, 0.5) is 4.39 Å². The molecule has 104 valence electrons. The van der Waals surface area contributed by atoms with Crippen LogP contribution in [-0.4, -0.2) is 6.54 Å². The first-order valence-corrected chi connectivity index (χ1v) is 7.67. The number of nitrogens with one attached hydrogen (secondary N) is 1. The van der Waals surface area contributed by atoms with E-state index in [1.54, 1.807) is 17.4 Å². The average molecular weight is 289 g/mol. The Morgan fingerprint density at radius 1 is 1.35 bits per heavy atom. The Morgan fingerprint density at radius 3 is 2.95 bits per heavy atom. The van der Waals surface area contributed by atoms with Crippen LogP contribution in [0.1, 0.15) is 30.7 Å². The molecule has 0 aliphatic rings. The third-order valence-corrected chi connectivity index (χ3v) is 3.98. The minimum absolute atomic E-state index is 0.0204. The smallest absolute Gasteiger partial charge is 0.169 e. The monoisotopic (exact) mass is 289 g/mol. The first kappa shape index (κ1) is 13.3. The maximum atomic E-state index is 13.7. The van der Waals surface area contributed by atoms with Gasteiger partial charge in [0.2, 0.25) is 0 Å².